The molecule has 0 aliphatic carbocycles. The summed E-state index contributed by atoms with van der Waals surface area (Å²) in [5.74, 6) is 0.682. The smallest absolute Gasteiger partial charge is 0.256 e. The van der Waals surface area contributed by atoms with Gasteiger partial charge in [-0.2, -0.15) is 0 Å². The van der Waals surface area contributed by atoms with E-state index in [-0.39, 0.29) is 11.6 Å². The zero-order valence-corrected chi connectivity index (χ0v) is 12.0. The van der Waals surface area contributed by atoms with Crippen molar-refractivity contribution >= 4 is 11.6 Å². The van der Waals surface area contributed by atoms with E-state index < -0.39 is 5.60 Å². The first-order valence-electron chi connectivity index (χ1n) is 6.41. The van der Waals surface area contributed by atoms with Crippen LogP contribution in [-0.4, -0.2) is 48.8 Å². The van der Waals surface area contributed by atoms with Crippen molar-refractivity contribution in [3.63, 3.8) is 0 Å². The molecule has 1 atom stereocenters. The zero-order chi connectivity index (χ0) is 14.9. The molecule has 1 aromatic carbocycles. The van der Waals surface area contributed by atoms with Crippen LogP contribution in [0.1, 0.15) is 23.7 Å². The Morgan fingerprint density at radius 2 is 2.10 bits per heavy atom. The van der Waals surface area contributed by atoms with Crippen LogP contribution in [-0.2, 0) is 0 Å². The highest BCUT2D eigenvalue weighted by Crippen LogP contribution is 2.33. The van der Waals surface area contributed by atoms with Gasteiger partial charge in [0.2, 0.25) is 0 Å². The molecule has 0 spiro atoms. The number of methoxy groups -OCH3 is 2. The maximum Gasteiger partial charge on any atom is 0.256 e. The Morgan fingerprint density at radius 3 is 2.60 bits per heavy atom. The van der Waals surface area contributed by atoms with Crippen molar-refractivity contribution in [3.05, 3.63) is 17.7 Å². The summed E-state index contributed by atoms with van der Waals surface area (Å²) in [5.41, 5.74) is 5.74. The standard InChI is InChI=1S/C14H20N2O4/c1-14(18)4-5-16(8-14)13(17)10-6-9(19-2)7-11(20-3)12(10)15/h6-7,18H,4-5,8,15H2,1-3H3. The largest absolute Gasteiger partial charge is 0.497 e. The zero-order valence-electron chi connectivity index (χ0n) is 12.0. The van der Waals surface area contributed by atoms with Crippen LogP contribution in [0, 0.1) is 0 Å². The average Bonchev–Trinajstić information content (AvgIpc) is 2.78. The third kappa shape index (κ3) is 2.65. The molecule has 3 N–H and O–H groups in total. The molecule has 20 heavy (non-hydrogen) atoms. The molecule has 1 heterocycles. The molecule has 0 radical (unpaired) electrons. The Hall–Kier alpha value is -1.95. The Labute approximate surface area is 118 Å². The fourth-order valence-corrected chi connectivity index (χ4v) is 2.35. The van der Waals surface area contributed by atoms with Crippen LogP contribution >= 0.6 is 0 Å². The monoisotopic (exact) mass is 280 g/mol. The second kappa shape index (κ2) is 5.20. The van der Waals surface area contributed by atoms with Gasteiger partial charge in [0.15, 0.2) is 0 Å². The van der Waals surface area contributed by atoms with Crippen LogP contribution in [0.25, 0.3) is 0 Å². The molecular formula is C14H20N2O4. The number of benzene rings is 1. The van der Waals surface area contributed by atoms with E-state index >= 15 is 0 Å². The van der Waals surface area contributed by atoms with Gasteiger partial charge >= 0.3 is 0 Å². The first-order valence-corrected chi connectivity index (χ1v) is 6.41. The van der Waals surface area contributed by atoms with E-state index in [0.717, 1.165) is 0 Å². The third-order valence-corrected chi connectivity index (χ3v) is 3.54. The average molecular weight is 280 g/mol. The number of hydrogen-bond acceptors (Lipinski definition) is 5. The van der Waals surface area contributed by atoms with Gasteiger partial charge in [-0.15, -0.1) is 0 Å². The van der Waals surface area contributed by atoms with Gasteiger partial charge in [0.1, 0.15) is 11.5 Å². The number of aliphatic hydroxyl groups is 1. The van der Waals surface area contributed by atoms with Crippen molar-refractivity contribution < 1.29 is 19.4 Å². The Kier molecular flexibility index (Phi) is 3.76. The summed E-state index contributed by atoms with van der Waals surface area (Å²) < 4.78 is 10.3. The molecule has 6 heteroatoms. The minimum atomic E-state index is -0.840. The minimum Gasteiger partial charge on any atom is -0.497 e. The number of carbonyl (C=O) groups is 1. The van der Waals surface area contributed by atoms with Gasteiger partial charge in [-0.05, 0) is 19.4 Å². The van der Waals surface area contributed by atoms with Crippen LogP contribution < -0.4 is 15.2 Å². The molecule has 1 amide bonds. The van der Waals surface area contributed by atoms with E-state index in [1.165, 1.54) is 14.2 Å². The maximum atomic E-state index is 12.5. The highest BCUT2D eigenvalue weighted by molar-refractivity contribution is 6.01. The molecule has 6 nitrogen and oxygen atoms in total. The van der Waals surface area contributed by atoms with Gasteiger partial charge in [0.25, 0.3) is 5.91 Å². The number of carbonyl (C=O) groups excluding carboxylic acids is 1. The Balaban J connectivity index is 2.34. The molecule has 1 aliphatic heterocycles. The summed E-state index contributed by atoms with van der Waals surface area (Å²) in [7, 11) is 3.00. The van der Waals surface area contributed by atoms with E-state index in [2.05, 4.69) is 0 Å². The quantitative estimate of drug-likeness (QED) is 0.803. The van der Waals surface area contributed by atoms with Crippen molar-refractivity contribution in [2.24, 2.45) is 0 Å². The summed E-state index contributed by atoms with van der Waals surface area (Å²) in [6.07, 6.45) is 0.555. The van der Waals surface area contributed by atoms with Gasteiger partial charge in [-0.25, -0.2) is 0 Å². The second-order valence-electron chi connectivity index (χ2n) is 5.26. The van der Waals surface area contributed by atoms with Crippen molar-refractivity contribution in [2.45, 2.75) is 18.9 Å². The lowest BCUT2D eigenvalue weighted by molar-refractivity contribution is 0.0572. The first kappa shape index (κ1) is 14.5. The maximum absolute atomic E-state index is 12.5. The van der Waals surface area contributed by atoms with Crippen molar-refractivity contribution in [1.29, 1.82) is 0 Å². The number of hydrogen-bond donors (Lipinski definition) is 2. The number of ether oxygens (including phenoxy) is 2. The fourth-order valence-electron chi connectivity index (χ4n) is 2.35. The number of likely N-dealkylation sites (tertiary alicyclic amines) is 1. The minimum absolute atomic E-state index is 0.225. The van der Waals surface area contributed by atoms with E-state index in [4.69, 9.17) is 15.2 Å². The van der Waals surface area contributed by atoms with Gasteiger partial charge < -0.3 is 25.2 Å². The molecule has 1 unspecified atom stereocenters. The van der Waals surface area contributed by atoms with E-state index in [9.17, 15) is 9.90 Å². The molecule has 1 saturated heterocycles. The summed E-state index contributed by atoms with van der Waals surface area (Å²) in [6.45, 7) is 2.52. The Bertz CT molecular complexity index is 528. The van der Waals surface area contributed by atoms with Gasteiger partial charge in [0, 0.05) is 19.2 Å². The van der Waals surface area contributed by atoms with Crippen molar-refractivity contribution in [2.75, 3.05) is 33.0 Å². The molecule has 2 rings (SSSR count). The molecule has 0 saturated carbocycles. The molecule has 1 aromatic rings. The van der Waals surface area contributed by atoms with E-state index in [1.54, 1.807) is 24.0 Å². The fraction of sp³-hybridized carbons (Fsp3) is 0.500. The van der Waals surface area contributed by atoms with Crippen molar-refractivity contribution in [3.8, 4) is 11.5 Å². The van der Waals surface area contributed by atoms with Crippen LogP contribution in [0.5, 0.6) is 11.5 Å². The highest BCUT2D eigenvalue weighted by Gasteiger charge is 2.35. The lowest BCUT2D eigenvalue weighted by Gasteiger charge is -2.20. The molecule has 110 valence electrons. The van der Waals surface area contributed by atoms with Gasteiger partial charge in [0.05, 0.1) is 31.1 Å². The number of amides is 1. The second-order valence-corrected chi connectivity index (χ2v) is 5.26. The lowest BCUT2D eigenvalue weighted by Crippen LogP contribution is -2.34. The predicted molar refractivity (Wildman–Crippen MR) is 75.1 cm³/mol. The van der Waals surface area contributed by atoms with E-state index in [1.807, 2.05) is 0 Å². The normalized spacial score (nSPS) is 21.9. The number of β-amino-alcohol motifs (C(OH)–C–C–N with tert-alkyl or cyclic N) is 1. The molecule has 0 bridgehead atoms. The molecule has 1 fully saturated rings. The predicted octanol–water partition coefficient (Wildman–Crippen LogP) is 0.883. The highest BCUT2D eigenvalue weighted by atomic mass is 16.5. The SMILES string of the molecule is COc1cc(OC)c(N)c(C(=O)N2CCC(C)(O)C2)c1. The van der Waals surface area contributed by atoms with Crippen LogP contribution in [0.2, 0.25) is 0 Å². The number of nitrogens with zero attached hydrogens (tertiary/aromatic N) is 1. The number of nitrogen functional groups attached to an aromatic ring is 1. The molecule has 0 aromatic heterocycles. The summed E-state index contributed by atoms with van der Waals surface area (Å²) in [6, 6.07) is 3.22. The first-order chi connectivity index (χ1) is 9.38. The van der Waals surface area contributed by atoms with Crippen molar-refractivity contribution in [1.82, 2.24) is 4.90 Å². The molecule has 1 aliphatic rings. The summed E-state index contributed by atoms with van der Waals surface area (Å²) in [4.78, 5) is 14.1. The lowest BCUT2D eigenvalue weighted by atomic mass is 10.1. The number of anilines is 1. The van der Waals surface area contributed by atoms with Gasteiger partial charge in [-0.1, -0.05) is 0 Å². The number of rotatable bonds is 3. The topological polar surface area (TPSA) is 85.0 Å². The number of nitrogens with two attached hydrogens (primary N) is 1. The van der Waals surface area contributed by atoms with Crippen LogP contribution in [0.4, 0.5) is 5.69 Å². The van der Waals surface area contributed by atoms with Crippen LogP contribution in [0.15, 0.2) is 12.1 Å². The molecular weight excluding hydrogens is 260 g/mol. The van der Waals surface area contributed by atoms with Crippen LogP contribution in [0.3, 0.4) is 0 Å². The third-order valence-electron chi connectivity index (χ3n) is 3.54. The van der Waals surface area contributed by atoms with Gasteiger partial charge in [-0.3, -0.25) is 4.79 Å². The summed E-state index contributed by atoms with van der Waals surface area (Å²) in [5, 5.41) is 9.96. The van der Waals surface area contributed by atoms with E-state index in [0.29, 0.717) is 36.6 Å². The Morgan fingerprint density at radius 1 is 1.40 bits per heavy atom. The summed E-state index contributed by atoms with van der Waals surface area (Å²) >= 11 is 0.